The van der Waals surface area contributed by atoms with Crippen molar-refractivity contribution in [3.8, 4) is 0 Å². The van der Waals surface area contributed by atoms with E-state index in [1.165, 1.54) is 12.1 Å². The molecule has 0 unspecified atom stereocenters. The van der Waals surface area contributed by atoms with Crippen LogP contribution in [0.25, 0.3) is 11.0 Å². The molecule has 0 aliphatic heterocycles. The minimum Gasteiger partial charge on any atom is -0.478 e. The van der Waals surface area contributed by atoms with Gasteiger partial charge in [0.05, 0.1) is 5.56 Å². The average Bonchev–Trinajstić information content (AvgIpc) is 2.60. The Bertz CT molecular complexity index is 1020. The number of hydrogen-bond acceptors (Lipinski definition) is 4. The van der Waals surface area contributed by atoms with Crippen LogP contribution in [0.5, 0.6) is 0 Å². The SMILES string of the molecule is Cc1c(C(=O)NCc2ccc(C(=O)O)cc2)c(=O)oc2ccccc12. The molecular formula is C19H15NO5. The second kappa shape index (κ2) is 6.60. The molecule has 0 aliphatic carbocycles. The molecule has 3 aromatic rings. The number of hydrogen-bond donors (Lipinski definition) is 2. The van der Waals surface area contributed by atoms with Crippen LogP contribution in [0.1, 0.15) is 31.8 Å². The lowest BCUT2D eigenvalue weighted by Gasteiger charge is -2.09. The number of benzene rings is 2. The van der Waals surface area contributed by atoms with Gasteiger partial charge in [-0.25, -0.2) is 9.59 Å². The third-order valence-corrected chi connectivity index (χ3v) is 3.95. The molecule has 0 spiro atoms. The van der Waals surface area contributed by atoms with Crippen LogP contribution in [0, 0.1) is 6.92 Å². The summed E-state index contributed by atoms with van der Waals surface area (Å²) in [6, 6.07) is 13.2. The minimum absolute atomic E-state index is 0.0270. The summed E-state index contributed by atoms with van der Waals surface area (Å²) in [6.07, 6.45) is 0. The van der Waals surface area contributed by atoms with E-state index in [0.717, 1.165) is 5.56 Å². The van der Waals surface area contributed by atoms with Crippen molar-refractivity contribution in [3.63, 3.8) is 0 Å². The fourth-order valence-corrected chi connectivity index (χ4v) is 2.60. The average molecular weight is 337 g/mol. The molecule has 0 saturated heterocycles. The molecule has 0 atom stereocenters. The number of para-hydroxylation sites is 1. The molecule has 2 aromatic carbocycles. The molecule has 1 amide bonds. The zero-order chi connectivity index (χ0) is 18.0. The molecule has 3 rings (SSSR count). The molecule has 6 heteroatoms. The molecule has 0 aliphatic rings. The van der Waals surface area contributed by atoms with Gasteiger partial charge in [-0.05, 0) is 36.2 Å². The normalized spacial score (nSPS) is 10.6. The lowest BCUT2D eigenvalue weighted by atomic mass is 10.1. The summed E-state index contributed by atoms with van der Waals surface area (Å²) in [6.45, 7) is 1.88. The largest absolute Gasteiger partial charge is 0.478 e. The first-order valence-electron chi connectivity index (χ1n) is 7.60. The van der Waals surface area contributed by atoms with E-state index in [4.69, 9.17) is 9.52 Å². The minimum atomic E-state index is -1.01. The Labute approximate surface area is 142 Å². The number of carboxylic acid groups (broad SMARTS) is 1. The number of nitrogens with one attached hydrogen (secondary N) is 1. The summed E-state index contributed by atoms with van der Waals surface area (Å²) >= 11 is 0. The number of carboxylic acids is 1. The van der Waals surface area contributed by atoms with Crippen molar-refractivity contribution < 1.29 is 19.1 Å². The number of rotatable bonds is 4. The molecule has 0 saturated carbocycles. The maximum atomic E-state index is 12.4. The van der Waals surface area contributed by atoms with Gasteiger partial charge in [-0.2, -0.15) is 0 Å². The first-order valence-corrected chi connectivity index (χ1v) is 7.60. The van der Waals surface area contributed by atoms with Gasteiger partial charge in [0.15, 0.2) is 0 Å². The van der Waals surface area contributed by atoms with Crippen molar-refractivity contribution in [2.24, 2.45) is 0 Å². The summed E-state index contributed by atoms with van der Waals surface area (Å²) in [5.74, 6) is -1.54. The van der Waals surface area contributed by atoms with Crippen LogP contribution in [0.2, 0.25) is 0 Å². The lowest BCUT2D eigenvalue weighted by molar-refractivity contribution is 0.0696. The highest BCUT2D eigenvalue weighted by molar-refractivity contribution is 5.99. The quantitative estimate of drug-likeness (QED) is 0.714. The highest BCUT2D eigenvalue weighted by Crippen LogP contribution is 2.18. The Balaban J connectivity index is 1.83. The van der Waals surface area contributed by atoms with Crippen LogP contribution < -0.4 is 10.9 Å². The van der Waals surface area contributed by atoms with Crippen LogP contribution in [0.4, 0.5) is 0 Å². The maximum Gasteiger partial charge on any atom is 0.349 e. The van der Waals surface area contributed by atoms with E-state index in [1.54, 1.807) is 43.3 Å². The Hall–Kier alpha value is -3.41. The first kappa shape index (κ1) is 16.4. The molecular weight excluding hydrogens is 322 g/mol. The first-order chi connectivity index (χ1) is 12.0. The molecule has 0 fully saturated rings. The summed E-state index contributed by atoms with van der Waals surface area (Å²) in [5.41, 5.74) is 1.18. The summed E-state index contributed by atoms with van der Waals surface area (Å²) in [5, 5.41) is 12.2. The van der Waals surface area contributed by atoms with Crippen LogP contribution in [-0.4, -0.2) is 17.0 Å². The molecule has 1 heterocycles. The summed E-state index contributed by atoms with van der Waals surface area (Å²) < 4.78 is 5.21. The topological polar surface area (TPSA) is 96.6 Å². The van der Waals surface area contributed by atoms with Crippen LogP contribution >= 0.6 is 0 Å². The van der Waals surface area contributed by atoms with Crippen LogP contribution in [0.3, 0.4) is 0 Å². The Kier molecular flexibility index (Phi) is 4.35. The number of carbonyl (C=O) groups excluding carboxylic acids is 1. The van der Waals surface area contributed by atoms with Gasteiger partial charge in [0.1, 0.15) is 11.1 Å². The smallest absolute Gasteiger partial charge is 0.349 e. The third kappa shape index (κ3) is 3.28. The second-order valence-electron chi connectivity index (χ2n) is 5.57. The highest BCUT2D eigenvalue weighted by Gasteiger charge is 2.18. The molecule has 25 heavy (non-hydrogen) atoms. The fourth-order valence-electron chi connectivity index (χ4n) is 2.60. The van der Waals surface area contributed by atoms with Crippen molar-refractivity contribution in [2.45, 2.75) is 13.5 Å². The van der Waals surface area contributed by atoms with E-state index in [-0.39, 0.29) is 17.7 Å². The van der Waals surface area contributed by atoms with Gasteiger partial charge >= 0.3 is 11.6 Å². The lowest BCUT2D eigenvalue weighted by Crippen LogP contribution is -2.29. The Morgan fingerprint density at radius 3 is 2.44 bits per heavy atom. The van der Waals surface area contributed by atoms with Gasteiger partial charge in [0.25, 0.3) is 5.91 Å². The van der Waals surface area contributed by atoms with Gasteiger partial charge in [-0.3, -0.25) is 4.79 Å². The number of amides is 1. The Morgan fingerprint density at radius 2 is 1.76 bits per heavy atom. The molecule has 126 valence electrons. The second-order valence-corrected chi connectivity index (χ2v) is 5.57. The van der Waals surface area contributed by atoms with Crippen molar-refractivity contribution in [2.75, 3.05) is 0 Å². The number of aryl methyl sites for hydroxylation is 1. The molecule has 0 bridgehead atoms. The standard InChI is InChI=1S/C19H15NO5/c1-11-14-4-2-3-5-15(14)25-19(24)16(11)17(21)20-10-12-6-8-13(9-7-12)18(22)23/h2-9H,10H2,1H3,(H,20,21)(H,22,23). The zero-order valence-electron chi connectivity index (χ0n) is 13.4. The van der Waals surface area contributed by atoms with Gasteiger partial charge in [-0.1, -0.05) is 30.3 Å². The predicted molar refractivity (Wildman–Crippen MR) is 91.8 cm³/mol. The van der Waals surface area contributed by atoms with E-state index in [1.807, 2.05) is 0 Å². The van der Waals surface area contributed by atoms with Crippen LogP contribution in [0.15, 0.2) is 57.7 Å². The number of carbonyl (C=O) groups is 2. The number of aromatic carboxylic acids is 1. The fraction of sp³-hybridized carbons (Fsp3) is 0.105. The highest BCUT2D eigenvalue weighted by atomic mass is 16.4. The zero-order valence-corrected chi connectivity index (χ0v) is 13.4. The molecule has 6 nitrogen and oxygen atoms in total. The van der Waals surface area contributed by atoms with Gasteiger partial charge < -0.3 is 14.8 Å². The van der Waals surface area contributed by atoms with Crippen LogP contribution in [-0.2, 0) is 6.54 Å². The maximum absolute atomic E-state index is 12.4. The van der Waals surface area contributed by atoms with Gasteiger partial charge in [0.2, 0.25) is 0 Å². The van der Waals surface area contributed by atoms with E-state index in [0.29, 0.717) is 16.5 Å². The summed E-state index contributed by atoms with van der Waals surface area (Å²) in [7, 11) is 0. The molecule has 1 aromatic heterocycles. The van der Waals surface area contributed by atoms with E-state index in [9.17, 15) is 14.4 Å². The van der Waals surface area contributed by atoms with Gasteiger partial charge in [0, 0.05) is 11.9 Å². The van der Waals surface area contributed by atoms with E-state index < -0.39 is 17.5 Å². The Morgan fingerprint density at radius 1 is 1.08 bits per heavy atom. The predicted octanol–water partition coefficient (Wildman–Crippen LogP) is 2.73. The monoisotopic (exact) mass is 337 g/mol. The third-order valence-electron chi connectivity index (χ3n) is 3.95. The molecule has 0 radical (unpaired) electrons. The number of fused-ring (bicyclic) bond motifs is 1. The van der Waals surface area contributed by atoms with Crippen molar-refractivity contribution >= 4 is 22.8 Å². The van der Waals surface area contributed by atoms with Crippen molar-refractivity contribution in [1.29, 1.82) is 0 Å². The summed E-state index contributed by atoms with van der Waals surface area (Å²) in [4.78, 5) is 35.4. The van der Waals surface area contributed by atoms with Gasteiger partial charge in [-0.15, -0.1) is 0 Å². The van der Waals surface area contributed by atoms with Crippen molar-refractivity contribution in [1.82, 2.24) is 5.32 Å². The molecule has 2 N–H and O–H groups in total. The van der Waals surface area contributed by atoms with Crippen molar-refractivity contribution in [3.05, 3.63) is 81.2 Å². The van der Waals surface area contributed by atoms with E-state index in [2.05, 4.69) is 5.32 Å². The van der Waals surface area contributed by atoms with E-state index >= 15 is 0 Å².